The highest BCUT2D eigenvalue weighted by atomic mass is 19.1. The van der Waals surface area contributed by atoms with Crippen LogP contribution in [0, 0.1) is 11.6 Å². The fourth-order valence-electron chi connectivity index (χ4n) is 1.43. The van der Waals surface area contributed by atoms with Crippen molar-refractivity contribution in [3.63, 3.8) is 0 Å². The normalized spacial score (nSPS) is 12.3. The van der Waals surface area contributed by atoms with Gasteiger partial charge in [0.2, 0.25) is 0 Å². The van der Waals surface area contributed by atoms with Gasteiger partial charge in [-0.3, -0.25) is 0 Å². The van der Waals surface area contributed by atoms with Gasteiger partial charge in [0.1, 0.15) is 5.52 Å². The molecule has 0 saturated heterocycles. The molecule has 0 unspecified atom stereocenters. The Morgan fingerprint density at radius 1 is 1.13 bits per heavy atom. The summed E-state index contributed by atoms with van der Waals surface area (Å²) < 4.78 is 28.2. The monoisotopic (exact) mass is 211 g/mol. The third-order valence-electron chi connectivity index (χ3n) is 2.13. The van der Waals surface area contributed by atoms with Crippen molar-refractivity contribution in [3.05, 3.63) is 23.8 Å². The molecule has 1 aromatic carbocycles. The molecule has 2 rings (SSSR count). The van der Waals surface area contributed by atoms with Crippen molar-refractivity contribution in [2.24, 2.45) is 0 Å². The van der Waals surface area contributed by atoms with Crippen molar-refractivity contribution in [2.75, 3.05) is 0 Å². The first-order chi connectivity index (χ1) is 6.91. The van der Waals surface area contributed by atoms with Crippen LogP contribution in [0.25, 0.3) is 11.0 Å². The van der Waals surface area contributed by atoms with Crippen molar-refractivity contribution >= 4 is 11.0 Å². The van der Waals surface area contributed by atoms with Crippen molar-refractivity contribution in [1.29, 1.82) is 0 Å². The Morgan fingerprint density at radius 3 is 2.33 bits per heavy atom. The zero-order valence-corrected chi connectivity index (χ0v) is 8.75. The fourth-order valence-corrected chi connectivity index (χ4v) is 1.43. The second kappa shape index (κ2) is 2.98. The summed E-state index contributed by atoms with van der Waals surface area (Å²) in [5.41, 5.74) is -0.337. The van der Waals surface area contributed by atoms with Crippen LogP contribution in [-0.2, 0) is 5.54 Å². The summed E-state index contributed by atoms with van der Waals surface area (Å²) in [4.78, 5) is 0. The summed E-state index contributed by atoms with van der Waals surface area (Å²) in [6, 6.07) is 2.14. The van der Waals surface area contributed by atoms with Crippen molar-refractivity contribution in [3.8, 4) is 0 Å². The van der Waals surface area contributed by atoms with E-state index in [0.717, 1.165) is 12.1 Å². The van der Waals surface area contributed by atoms with Crippen LogP contribution in [0.4, 0.5) is 8.78 Å². The van der Waals surface area contributed by atoms with E-state index in [1.807, 2.05) is 20.8 Å². The van der Waals surface area contributed by atoms with Gasteiger partial charge in [-0.25, -0.2) is 13.5 Å². The average Bonchev–Trinajstić information content (AvgIpc) is 2.55. The Balaban J connectivity index is 2.85. The molecule has 3 nitrogen and oxygen atoms in total. The molecular weight excluding hydrogens is 200 g/mol. The van der Waals surface area contributed by atoms with Gasteiger partial charge in [0.05, 0.1) is 5.54 Å². The van der Waals surface area contributed by atoms with Gasteiger partial charge in [0, 0.05) is 0 Å². The van der Waals surface area contributed by atoms with Gasteiger partial charge in [-0.1, -0.05) is 5.21 Å². The first kappa shape index (κ1) is 10.0. The van der Waals surface area contributed by atoms with Crippen LogP contribution in [0.2, 0.25) is 0 Å². The molecule has 80 valence electrons. The topological polar surface area (TPSA) is 30.7 Å². The highest BCUT2D eigenvalue weighted by Gasteiger charge is 2.22. The lowest BCUT2D eigenvalue weighted by Gasteiger charge is -2.19. The molecular formula is C10H11F2N3. The smallest absolute Gasteiger partial charge is 0.153 e. The largest absolute Gasteiger partial charge is 0.236 e. The lowest BCUT2D eigenvalue weighted by molar-refractivity contribution is 0.355. The number of halogens is 2. The molecule has 0 spiro atoms. The number of aromatic nitrogens is 3. The standard InChI is InChI=1S/C10H11F2N3/c1-10(2,3)15-9-7(12)5-4-6(11)8(9)13-14-15/h4-5H,1-3H3. The van der Waals surface area contributed by atoms with Crippen molar-refractivity contribution < 1.29 is 8.78 Å². The molecule has 0 aliphatic carbocycles. The number of nitrogens with zero attached hydrogens (tertiary/aromatic N) is 3. The summed E-state index contributed by atoms with van der Waals surface area (Å²) in [5.74, 6) is -1.06. The van der Waals surface area contributed by atoms with Gasteiger partial charge in [0.15, 0.2) is 17.2 Å². The minimum Gasteiger partial charge on any atom is -0.236 e. The van der Waals surface area contributed by atoms with Crippen LogP contribution in [0.1, 0.15) is 20.8 Å². The molecule has 15 heavy (non-hydrogen) atoms. The maximum atomic E-state index is 13.5. The van der Waals surface area contributed by atoms with E-state index in [-0.39, 0.29) is 11.0 Å². The van der Waals surface area contributed by atoms with Crippen molar-refractivity contribution in [2.45, 2.75) is 26.3 Å². The molecule has 0 atom stereocenters. The molecule has 0 aliphatic rings. The van der Waals surface area contributed by atoms with Crippen LogP contribution in [0.5, 0.6) is 0 Å². The molecule has 0 N–H and O–H groups in total. The van der Waals surface area contributed by atoms with Gasteiger partial charge in [-0.2, -0.15) is 0 Å². The zero-order valence-electron chi connectivity index (χ0n) is 8.75. The van der Waals surface area contributed by atoms with Gasteiger partial charge in [-0.05, 0) is 32.9 Å². The Kier molecular flexibility index (Phi) is 1.99. The SMILES string of the molecule is CC(C)(C)n1nnc2c(F)ccc(F)c21. The molecule has 0 radical (unpaired) electrons. The molecule has 5 heteroatoms. The average molecular weight is 211 g/mol. The number of hydrogen-bond acceptors (Lipinski definition) is 2. The molecule has 0 bridgehead atoms. The van der Waals surface area contributed by atoms with Crippen LogP contribution >= 0.6 is 0 Å². The number of fused-ring (bicyclic) bond motifs is 1. The fraction of sp³-hybridized carbons (Fsp3) is 0.400. The van der Waals surface area contributed by atoms with Gasteiger partial charge >= 0.3 is 0 Å². The lowest BCUT2D eigenvalue weighted by Crippen LogP contribution is -2.23. The first-order valence-electron chi connectivity index (χ1n) is 4.61. The van der Waals surface area contributed by atoms with E-state index >= 15 is 0 Å². The zero-order chi connectivity index (χ0) is 11.2. The Morgan fingerprint density at radius 2 is 1.73 bits per heavy atom. The van der Waals surface area contributed by atoms with E-state index in [1.165, 1.54) is 4.68 Å². The quantitative estimate of drug-likeness (QED) is 0.670. The van der Waals surface area contributed by atoms with Gasteiger partial charge < -0.3 is 0 Å². The predicted molar refractivity (Wildman–Crippen MR) is 52.4 cm³/mol. The summed E-state index contributed by atoms with van der Waals surface area (Å²) in [6.07, 6.45) is 0. The van der Waals surface area contributed by atoms with Crippen LogP contribution in [0.3, 0.4) is 0 Å². The second-order valence-corrected chi connectivity index (χ2v) is 4.40. The van der Waals surface area contributed by atoms with E-state index in [4.69, 9.17) is 0 Å². The maximum absolute atomic E-state index is 13.5. The number of benzene rings is 1. The maximum Gasteiger partial charge on any atom is 0.153 e. The summed E-state index contributed by atoms with van der Waals surface area (Å²) in [7, 11) is 0. The predicted octanol–water partition coefficient (Wildman–Crippen LogP) is 2.46. The molecule has 0 fully saturated rings. The Hall–Kier alpha value is -1.52. The van der Waals surface area contributed by atoms with Gasteiger partial charge in [-0.15, -0.1) is 5.10 Å². The van der Waals surface area contributed by atoms with Crippen LogP contribution in [0.15, 0.2) is 12.1 Å². The van der Waals surface area contributed by atoms with Gasteiger partial charge in [0.25, 0.3) is 0 Å². The van der Waals surface area contributed by atoms with E-state index in [2.05, 4.69) is 10.3 Å². The van der Waals surface area contributed by atoms with Crippen LogP contribution in [-0.4, -0.2) is 15.0 Å². The second-order valence-electron chi connectivity index (χ2n) is 4.40. The minimum atomic E-state index is -0.554. The minimum absolute atomic E-state index is 0.0232. The first-order valence-corrected chi connectivity index (χ1v) is 4.61. The third-order valence-corrected chi connectivity index (χ3v) is 2.13. The Bertz CT molecular complexity index is 511. The van der Waals surface area contributed by atoms with Crippen LogP contribution < -0.4 is 0 Å². The Labute approximate surface area is 85.7 Å². The molecule has 2 aromatic rings. The van der Waals surface area contributed by atoms with E-state index in [0.29, 0.717) is 0 Å². The van der Waals surface area contributed by atoms with E-state index in [1.54, 1.807) is 0 Å². The third kappa shape index (κ3) is 1.48. The van der Waals surface area contributed by atoms with E-state index in [9.17, 15) is 8.78 Å². The molecule has 0 amide bonds. The summed E-state index contributed by atoms with van der Waals surface area (Å²) in [6.45, 7) is 5.56. The number of hydrogen-bond donors (Lipinski definition) is 0. The molecule has 0 aliphatic heterocycles. The summed E-state index contributed by atoms with van der Waals surface area (Å²) in [5, 5.41) is 7.42. The molecule has 0 saturated carbocycles. The molecule has 1 aromatic heterocycles. The lowest BCUT2D eigenvalue weighted by atomic mass is 10.1. The number of rotatable bonds is 0. The van der Waals surface area contributed by atoms with E-state index < -0.39 is 17.2 Å². The van der Waals surface area contributed by atoms with Crippen molar-refractivity contribution in [1.82, 2.24) is 15.0 Å². The molecule has 1 heterocycles. The highest BCUT2D eigenvalue weighted by Crippen LogP contribution is 2.23. The highest BCUT2D eigenvalue weighted by molar-refractivity contribution is 5.75. The summed E-state index contributed by atoms with van der Waals surface area (Å²) >= 11 is 0.